The maximum absolute atomic E-state index is 5.20. The molecule has 0 aliphatic carbocycles. The van der Waals surface area contributed by atoms with Gasteiger partial charge in [0.15, 0.2) is 0 Å². The summed E-state index contributed by atoms with van der Waals surface area (Å²) >= 11 is 0. The number of rotatable bonds is 22. The average Bonchev–Trinajstić information content (AvgIpc) is 3.07. The van der Waals surface area contributed by atoms with E-state index in [4.69, 9.17) is 15.0 Å². The molecule has 0 spiro atoms. The summed E-state index contributed by atoms with van der Waals surface area (Å²) in [6.07, 6.45) is 25.1. The minimum absolute atomic E-state index is 0. The molecule has 0 fully saturated rings. The number of halogens is 2. The van der Waals surface area contributed by atoms with Gasteiger partial charge in [-0.3, -0.25) is 9.98 Å². The molecule has 0 N–H and O–H groups in total. The molecule has 2 aromatic carbocycles. The first-order valence-electron chi connectivity index (χ1n) is 19.3. The van der Waals surface area contributed by atoms with Gasteiger partial charge in [0, 0.05) is 0 Å². The fourth-order valence-corrected chi connectivity index (χ4v) is 6.39. The fraction of sp³-hybridized carbons (Fsp3) is 0.568. The summed E-state index contributed by atoms with van der Waals surface area (Å²) in [7, 11) is 0. The fourth-order valence-electron chi connectivity index (χ4n) is 6.39. The van der Waals surface area contributed by atoms with Crippen LogP contribution >= 0.6 is 0 Å². The molecular formula is C44H65Cl2CoN3. The Kier molecular flexibility index (Phi) is 26.5. The molecular weight excluding hydrogens is 700 g/mol. The van der Waals surface area contributed by atoms with Crippen molar-refractivity contribution in [1.82, 2.24) is 4.98 Å². The second-order valence-corrected chi connectivity index (χ2v) is 13.7. The third-order valence-electron chi connectivity index (χ3n) is 9.15. The van der Waals surface area contributed by atoms with Gasteiger partial charge in [0.25, 0.3) is 0 Å². The zero-order chi connectivity index (χ0) is 33.9. The van der Waals surface area contributed by atoms with E-state index in [1.54, 1.807) is 0 Å². The number of pyridine rings is 1. The van der Waals surface area contributed by atoms with Crippen molar-refractivity contribution in [3.05, 3.63) is 86.7 Å². The molecule has 3 nitrogen and oxygen atoms in total. The number of aromatic nitrogens is 1. The zero-order valence-corrected chi connectivity index (χ0v) is 34.8. The Morgan fingerprint density at radius 1 is 0.460 bits per heavy atom. The first-order chi connectivity index (χ1) is 23.0. The van der Waals surface area contributed by atoms with Crippen molar-refractivity contribution in [2.24, 2.45) is 9.98 Å². The molecule has 0 saturated carbocycles. The van der Waals surface area contributed by atoms with Crippen LogP contribution in [0, 0.1) is 6.92 Å². The third kappa shape index (κ3) is 16.1. The molecule has 1 heterocycles. The number of hydrogen-bond acceptors (Lipinski definition) is 3. The van der Waals surface area contributed by atoms with E-state index in [0.29, 0.717) is 0 Å². The second kappa shape index (κ2) is 27.6. The van der Waals surface area contributed by atoms with Crippen LogP contribution in [-0.2, 0) is 55.3 Å². The van der Waals surface area contributed by atoms with Gasteiger partial charge in [0.05, 0.1) is 35.2 Å². The van der Waals surface area contributed by atoms with E-state index in [1.165, 1.54) is 127 Å². The number of nitrogens with zero attached hydrogens (tertiary/aromatic N) is 3. The van der Waals surface area contributed by atoms with E-state index >= 15 is 0 Å². The number of unbranched alkanes of at least 4 members (excludes halogenated alkanes) is 6. The van der Waals surface area contributed by atoms with Gasteiger partial charge in [-0.05, 0) is 135 Å². The molecule has 1 aromatic heterocycles. The standard InChI is InChI=1S/C44H65N3.2ClH.Co/c1-8-14-20-35-28-37(22-16-10-3)43(38(29-35)23-17-11-4)45-32-41-26-34(7)27-42(47-41)33-46-44-39(24-18-12-5)30-36(21-15-9-2)31-40(44)25-19-13-6;;;/h26-33H,8-25H2,1-7H3;2*1H;/q;;;+2/p-2. The summed E-state index contributed by atoms with van der Waals surface area (Å²) in [5, 5.41) is 0. The molecule has 0 saturated heterocycles. The summed E-state index contributed by atoms with van der Waals surface area (Å²) in [5.41, 5.74) is 13.9. The first kappa shape index (κ1) is 48.0. The predicted molar refractivity (Wildman–Crippen MR) is 208 cm³/mol. The molecule has 0 atom stereocenters. The van der Waals surface area contributed by atoms with E-state index in [2.05, 4.69) is 84.9 Å². The van der Waals surface area contributed by atoms with Crippen molar-refractivity contribution in [1.29, 1.82) is 0 Å². The van der Waals surface area contributed by atoms with Crippen molar-refractivity contribution in [3.8, 4) is 0 Å². The van der Waals surface area contributed by atoms with Crippen molar-refractivity contribution in [2.45, 2.75) is 164 Å². The van der Waals surface area contributed by atoms with Crippen LogP contribution in [0.4, 0.5) is 11.4 Å². The maximum Gasteiger partial charge on any atom is 2.00 e. The van der Waals surface area contributed by atoms with E-state index in [9.17, 15) is 0 Å². The normalized spacial score (nSPS) is 11.1. The van der Waals surface area contributed by atoms with Gasteiger partial charge < -0.3 is 24.8 Å². The van der Waals surface area contributed by atoms with Crippen LogP contribution in [0.15, 0.2) is 46.4 Å². The molecule has 0 aliphatic rings. The SMILES string of the molecule is CCCCc1cc(CCCC)c(N=Cc2cc(C)cc(C=Nc3c(CCCC)cc(CCCC)cc3CCCC)n2)c(CCCC)c1.[Cl-].[Cl-].[Co+2]. The number of hydrogen-bond donors (Lipinski definition) is 0. The zero-order valence-electron chi connectivity index (χ0n) is 32.3. The molecule has 0 unspecified atom stereocenters. The Hall–Kier alpha value is -1.98. The van der Waals surface area contributed by atoms with Gasteiger partial charge in [0.1, 0.15) is 0 Å². The predicted octanol–water partition coefficient (Wildman–Crippen LogP) is 6.95. The molecule has 0 bridgehead atoms. The summed E-state index contributed by atoms with van der Waals surface area (Å²) < 4.78 is 0. The number of aliphatic imine (C=N–C) groups is 2. The molecule has 3 rings (SSSR count). The minimum atomic E-state index is 0. The maximum atomic E-state index is 5.20. The molecule has 3 aromatic rings. The summed E-state index contributed by atoms with van der Waals surface area (Å²) in [4.78, 5) is 15.5. The molecule has 50 heavy (non-hydrogen) atoms. The number of benzene rings is 2. The quantitative estimate of drug-likeness (QED) is 0.102. The van der Waals surface area contributed by atoms with Crippen molar-refractivity contribution < 1.29 is 41.6 Å². The van der Waals surface area contributed by atoms with Crippen LogP contribution in [0.2, 0.25) is 0 Å². The second-order valence-electron chi connectivity index (χ2n) is 13.7. The van der Waals surface area contributed by atoms with Crippen LogP contribution in [0.5, 0.6) is 0 Å². The van der Waals surface area contributed by atoms with Gasteiger partial charge in [-0.25, -0.2) is 4.98 Å². The molecule has 0 amide bonds. The van der Waals surface area contributed by atoms with Crippen LogP contribution < -0.4 is 24.8 Å². The van der Waals surface area contributed by atoms with E-state index in [1.807, 2.05) is 12.4 Å². The molecule has 0 aliphatic heterocycles. The molecule has 279 valence electrons. The van der Waals surface area contributed by atoms with Crippen LogP contribution in [0.25, 0.3) is 0 Å². The molecule has 6 heteroatoms. The smallest absolute Gasteiger partial charge is 1.00 e. The van der Waals surface area contributed by atoms with E-state index in [0.717, 1.165) is 49.9 Å². The van der Waals surface area contributed by atoms with E-state index in [-0.39, 0.29) is 41.6 Å². The van der Waals surface area contributed by atoms with Gasteiger partial charge in [0.2, 0.25) is 0 Å². The Balaban J connectivity index is 0.00000800. The van der Waals surface area contributed by atoms with Gasteiger partial charge in [-0.2, -0.15) is 0 Å². The monoisotopic (exact) mass is 764 g/mol. The van der Waals surface area contributed by atoms with Gasteiger partial charge in [-0.1, -0.05) is 104 Å². The summed E-state index contributed by atoms with van der Waals surface area (Å²) in [5.74, 6) is 0. The van der Waals surface area contributed by atoms with Crippen LogP contribution in [0.3, 0.4) is 0 Å². The average molecular weight is 766 g/mol. The van der Waals surface area contributed by atoms with Crippen LogP contribution in [0.1, 0.15) is 169 Å². The van der Waals surface area contributed by atoms with Gasteiger partial charge in [-0.15, -0.1) is 0 Å². The summed E-state index contributed by atoms with van der Waals surface area (Å²) in [6.45, 7) is 15.8. The van der Waals surface area contributed by atoms with Gasteiger partial charge >= 0.3 is 16.8 Å². The van der Waals surface area contributed by atoms with Crippen molar-refractivity contribution >= 4 is 23.8 Å². The van der Waals surface area contributed by atoms with Crippen molar-refractivity contribution in [3.63, 3.8) is 0 Å². The Labute approximate surface area is 329 Å². The Morgan fingerprint density at radius 2 is 0.740 bits per heavy atom. The number of aryl methyl sites for hydroxylation is 7. The first-order valence-corrected chi connectivity index (χ1v) is 19.3. The minimum Gasteiger partial charge on any atom is -1.00 e. The van der Waals surface area contributed by atoms with E-state index < -0.39 is 0 Å². The summed E-state index contributed by atoms with van der Waals surface area (Å²) in [6, 6.07) is 14.1. The largest absolute Gasteiger partial charge is 2.00 e. The van der Waals surface area contributed by atoms with Crippen LogP contribution in [-0.4, -0.2) is 17.4 Å². The topological polar surface area (TPSA) is 37.6 Å². The molecule has 1 radical (unpaired) electrons. The Morgan fingerprint density at radius 3 is 1.02 bits per heavy atom. The van der Waals surface area contributed by atoms with Crippen molar-refractivity contribution in [2.75, 3.05) is 0 Å². The third-order valence-corrected chi connectivity index (χ3v) is 9.15. The Bertz CT molecular complexity index is 1270.